The minimum absolute atomic E-state index is 0.0649. The van der Waals surface area contributed by atoms with Gasteiger partial charge in [0.05, 0.1) is 11.6 Å². The third-order valence-corrected chi connectivity index (χ3v) is 2.43. The molecule has 0 aliphatic rings. The maximum atomic E-state index is 12.4. The highest BCUT2D eigenvalue weighted by molar-refractivity contribution is 5.71. The normalized spacial score (nSPS) is 12.7. The van der Waals surface area contributed by atoms with Crippen LogP contribution in [-0.2, 0) is 11.3 Å². The van der Waals surface area contributed by atoms with Gasteiger partial charge in [0.15, 0.2) is 5.92 Å². The Bertz CT molecular complexity index is 494. The minimum atomic E-state index is -4.78. The smallest absolute Gasteiger partial charge is 0.403 e. The fraction of sp³-hybridized carbons (Fsp3) is 0.333. The molecule has 1 aromatic carbocycles. The molecule has 1 unspecified atom stereocenters. The van der Waals surface area contributed by atoms with Crippen LogP contribution in [0.4, 0.5) is 13.2 Å². The second-order valence-electron chi connectivity index (χ2n) is 3.88. The Labute approximate surface area is 107 Å². The van der Waals surface area contributed by atoms with Crippen LogP contribution in [0.5, 0.6) is 0 Å². The Morgan fingerprint density at radius 2 is 2.16 bits per heavy atom. The lowest BCUT2D eigenvalue weighted by molar-refractivity contribution is -0.192. The van der Waals surface area contributed by atoms with E-state index in [1.807, 2.05) is 6.07 Å². The van der Waals surface area contributed by atoms with Crippen molar-refractivity contribution in [1.82, 2.24) is 5.32 Å². The van der Waals surface area contributed by atoms with Crippen LogP contribution in [0, 0.1) is 17.2 Å². The quantitative estimate of drug-likeness (QED) is 0.858. The van der Waals surface area contributed by atoms with Crippen LogP contribution in [0.25, 0.3) is 0 Å². The number of hydrogen-bond acceptors (Lipinski definition) is 3. The van der Waals surface area contributed by atoms with E-state index < -0.39 is 24.6 Å². The van der Waals surface area contributed by atoms with E-state index in [1.165, 1.54) is 6.07 Å². The lowest BCUT2D eigenvalue weighted by Crippen LogP contribution is -2.38. The van der Waals surface area contributed by atoms with Crippen LogP contribution in [0.1, 0.15) is 11.1 Å². The SMILES string of the molecule is N#Cc1cccc(CNCC(C(=O)O)C(F)(F)F)c1. The number of carboxylic acids is 1. The highest BCUT2D eigenvalue weighted by Crippen LogP contribution is 2.25. The molecule has 1 atom stereocenters. The summed E-state index contributed by atoms with van der Waals surface area (Å²) in [5.41, 5.74) is 1.01. The summed E-state index contributed by atoms with van der Waals surface area (Å²) in [7, 11) is 0. The molecule has 0 aromatic heterocycles. The summed E-state index contributed by atoms with van der Waals surface area (Å²) in [4.78, 5) is 10.5. The third-order valence-electron chi connectivity index (χ3n) is 2.43. The van der Waals surface area contributed by atoms with Crippen molar-refractivity contribution in [3.05, 3.63) is 35.4 Å². The Balaban J connectivity index is 2.57. The molecule has 0 saturated heterocycles. The molecule has 0 amide bonds. The van der Waals surface area contributed by atoms with Crippen LogP contribution in [-0.4, -0.2) is 23.8 Å². The molecule has 0 bridgehead atoms. The van der Waals surface area contributed by atoms with Crippen molar-refractivity contribution in [1.29, 1.82) is 5.26 Å². The second-order valence-corrected chi connectivity index (χ2v) is 3.88. The summed E-state index contributed by atoms with van der Waals surface area (Å²) in [5.74, 6) is -4.35. The molecule has 0 fully saturated rings. The number of hydrogen-bond donors (Lipinski definition) is 2. The number of nitrogens with zero attached hydrogens (tertiary/aromatic N) is 1. The van der Waals surface area contributed by atoms with Crippen LogP contribution < -0.4 is 5.32 Å². The number of benzene rings is 1. The molecule has 4 nitrogen and oxygen atoms in total. The van der Waals surface area contributed by atoms with Crippen molar-refractivity contribution in [2.75, 3.05) is 6.54 Å². The van der Waals surface area contributed by atoms with Crippen molar-refractivity contribution < 1.29 is 23.1 Å². The summed E-state index contributed by atoms with van der Waals surface area (Å²) in [5, 5.41) is 19.6. The number of halogens is 3. The Kier molecular flexibility index (Phi) is 4.89. The van der Waals surface area contributed by atoms with Crippen molar-refractivity contribution >= 4 is 5.97 Å². The van der Waals surface area contributed by atoms with Crippen LogP contribution in [0.15, 0.2) is 24.3 Å². The molecule has 0 aliphatic heterocycles. The van der Waals surface area contributed by atoms with E-state index in [2.05, 4.69) is 5.32 Å². The van der Waals surface area contributed by atoms with Crippen molar-refractivity contribution in [3.63, 3.8) is 0 Å². The third kappa shape index (κ3) is 4.60. The topological polar surface area (TPSA) is 73.1 Å². The Hall–Kier alpha value is -2.07. The maximum Gasteiger partial charge on any atom is 0.403 e. The number of carbonyl (C=O) groups is 1. The number of rotatable bonds is 5. The maximum absolute atomic E-state index is 12.4. The first-order valence-corrected chi connectivity index (χ1v) is 5.34. The molecule has 1 rings (SSSR count). The first-order chi connectivity index (χ1) is 8.84. The zero-order valence-corrected chi connectivity index (χ0v) is 9.74. The molecule has 0 aliphatic carbocycles. The van der Waals surface area contributed by atoms with Gasteiger partial charge in [0.2, 0.25) is 0 Å². The van der Waals surface area contributed by atoms with Crippen molar-refractivity contribution in [2.45, 2.75) is 12.7 Å². The van der Waals surface area contributed by atoms with E-state index in [-0.39, 0.29) is 6.54 Å². The van der Waals surface area contributed by atoms with Crippen molar-refractivity contribution in [3.8, 4) is 6.07 Å². The largest absolute Gasteiger partial charge is 0.481 e. The molecule has 102 valence electrons. The molecule has 0 saturated carbocycles. The summed E-state index contributed by atoms with van der Waals surface area (Å²) in [6, 6.07) is 8.24. The van der Waals surface area contributed by atoms with Gasteiger partial charge in [-0.05, 0) is 17.7 Å². The van der Waals surface area contributed by atoms with Gasteiger partial charge in [-0.15, -0.1) is 0 Å². The summed E-state index contributed by atoms with van der Waals surface area (Å²) in [6.07, 6.45) is -4.78. The predicted molar refractivity (Wildman–Crippen MR) is 60.0 cm³/mol. The number of carboxylic acid groups (broad SMARTS) is 1. The predicted octanol–water partition coefficient (Wildman–Crippen LogP) is 1.91. The first-order valence-electron chi connectivity index (χ1n) is 5.34. The second kappa shape index (κ2) is 6.20. The number of alkyl halides is 3. The lowest BCUT2D eigenvalue weighted by atomic mass is 10.1. The monoisotopic (exact) mass is 272 g/mol. The Morgan fingerprint density at radius 3 is 2.68 bits per heavy atom. The van der Waals surface area contributed by atoms with Gasteiger partial charge in [-0.2, -0.15) is 18.4 Å². The minimum Gasteiger partial charge on any atom is -0.481 e. The summed E-state index contributed by atoms with van der Waals surface area (Å²) in [6.45, 7) is -0.648. The molecule has 0 spiro atoms. The highest BCUT2D eigenvalue weighted by Gasteiger charge is 2.44. The van der Waals surface area contributed by atoms with Gasteiger partial charge in [-0.1, -0.05) is 12.1 Å². The van der Waals surface area contributed by atoms with Gasteiger partial charge in [0, 0.05) is 13.1 Å². The van der Waals surface area contributed by atoms with Crippen LogP contribution >= 0.6 is 0 Å². The highest BCUT2D eigenvalue weighted by atomic mass is 19.4. The molecule has 2 N–H and O–H groups in total. The van der Waals surface area contributed by atoms with Crippen molar-refractivity contribution in [2.24, 2.45) is 5.92 Å². The number of nitriles is 1. The van der Waals surface area contributed by atoms with Gasteiger partial charge in [0.1, 0.15) is 0 Å². The van der Waals surface area contributed by atoms with Gasteiger partial charge in [-0.3, -0.25) is 4.79 Å². The lowest BCUT2D eigenvalue weighted by Gasteiger charge is -2.16. The van der Waals surface area contributed by atoms with E-state index in [0.29, 0.717) is 11.1 Å². The average molecular weight is 272 g/mol. The zero-order chi connectivity index (χ0) is 14.5. The first kappa shape index (κ1) is 15.0. The van der Waals surface area contributed by atoms with E-state index in [4.69, 9.17) is 10.4 Å². The molecule has 0 radical (unpaired) electrons. The standard InChI is InChI=1S/C12H11F3N2O2/c13-12(14,15)10(11(18)19)7-17-6-9-3-1-2-8(4-9)5-16/h1-4,10,17H,6-7H2,(H,18,19). The molecule has 0 heterocycles. The van der Waals surface area contributed by atoms with Gasteiger partial charge >= 0.3 is 12.1 Å². The number of nitrogens with one attached hydrogen (secondary N) is 1. The van der Waals surface area contributed by atoms with E-state index >= 15 is 0 Å². The molecule has 1 aromatic rings. The Morgan fingerprint density at radius 1 is 1.47 bits per heavy atom. The van der Waals surface area contributed by atoms with Crippen LogP contribution in [0.3, 0.4) is 0 Å². The van der Waals surface area contributed by atoms with E-state index in [0.717, 1.165) is 0 Å². The number of aliphatic carboxylic acids is 1. The summed E-state index contributed by atoms with van der Waals surface area (Å²) >= 11 is 0. The fourth-order valence-corrected chi connectivity index (χ4v) is 1.45. The van der Waals surface area contributed by atoms with Gasteiger partial charge in [-0.25, -0.2) is 0 Å². The van der Waals surface area contributed by atoms with Gasteiger partial charge in [0.25, 0.3) is 0 Å². The van der Waals surface area contributed by atoms with E-state index in [9.17, 15) is 18.0 Å². The van der Waals surface area contributed by atoms with Crippen LogP contribution in [0.2, 0.25) is 0 Å². The fourth-order valence-electron chi connectivity index (χ4n) is 1.45. The van der Waals surface area contributed by atoms with E-state index in [1.54, 1.807) is 18.2 Å². The molecule has 7 heteroatoms. The average Bonchev–Trinajstić information content (AvgIpc) is 2.33. The zero-order valence-electron chi connectivity index (χ0n) is 9.74. The van der Waals surface area contributed by atoms with Gasteiger partial charge < -0.3 is 10.4 Å². The molecule has 19 heavy (non-hydrogen) atoms. The molecular formula is C12H11F3N2O2. The summed E-state index contributed by atoms with van der Waals surface area (Å²) < 4.78 is 37.1. The molecular weight excluding hydrogens is 261 g/mol.